The summed E-state index contributed by atoms with van der Waals surface area (Å²) in [6, 6.07) is 7.03. The zero-order valence-electron chi connectivity index (χ0n) is 13.4. The van der Waals surface area contributed by atoms with E-state index in [1.165, 1.54) is 13.2 Å². The molecule has 1 aromatic carbocycles. The lowest BCUT2D eigenvalue weighted by atomic mass is 9.92. The first-order chi connectivity index (χ1) is 11.6. The lowest BCUT2D eigenvalue weighted by molar-refractivity contribution is -0.143. The zero-order chi connectivity index (χ0) is 17.1. The van der Waals surface area contributed by atoms with Gasteiger partial charge in [0, 0.05) is 0 Å². The number of halogens is 1. The van der Waals surface area contributed by atoms with Gasteiger partial charge in [0.1, 0.15) is 0 Å². The smallest absolute Gasteiger partial charge is 0.306 e. The summed E-state index contributed by atoms with van der Waals surface area (Å²) >= 11 is 1.60. The minimum Gasteiger partial charge on any atom is -0.494 e. The van der Waals surface area contributed by atoms with Crippen LogP contribution in [0.2, 0.25) is 0 Å². The van der Waals surface area contributed by atoms with Gasteiger partial charge in [-0.25, -0.2) is 4.39 Å². The van der Waals surface area contributed by atoms with Crippen molar-refractivity contribution in [3.05, 3.63) is 52.0 Å². The van der Waals surface area contributed by atoms with E-state index in [-0.39, 0.29) is 23.5 Å². The SMILES string of the molecule is COc1ccc(C(c2ccsc2)N2CCC(C(=O)O)CC2)cc1F. The number of carbonyl (C=O) groups is 1. The standard InChI is InChI=1S/C18H20FNO3S/c1-23-16-3-2-13(10-15(16)19)17(14-6-9-24-11-14)20-7-4-12(5-8-20)18(21)22/h2-3,6,9-12,17H,4-5,7-8H2,1H3,(H,21,22). The number of piperidine rings is 1. The van der Waals surface area contributed by atoms with Crippen LogP contribution in [0.1, 0.15) is 30.0 Å². The summed E-state index contributed by atoms with van der Waals surface area (Å²) < 4.78 is 19.2. The van der Waals surface area contributed by atoms with Crippen LogP contribution in [-0.4, -0.2) is 36.2 Å². The van der Waals surface area contributed by atoms with Crippen LogP contribution in [0.15, 0.2) is 35.0 Å². The molecule has 2 aromatic rings. The van der Waals surface area contributed by atoms with Gasteiger partial charge in [0.15, 0.2) is 11.6 Å². The Morgan fingerprint density at radius 3 is 2.62 bits per heavy atom. The molecule has 1 N–H and O–H groups in total. The van der Waals surface area contributed by atoms with E-state index in [2.05, 4.69) is 10.3 Å². The van der Waals surface area contributed by atoms with E-state index in [9.17, 15) is 14.3 Å². The normalized spacial score (nSPS) is 17.6. The molecule has 1 aliphatic heterocycles. The molecule has 0 aliphatic carbocycles. The van der Waals surface area contributed by atoms with Crippen molar-refractivity contribution in [3.63, 3.8) is 0 Å². The molecule has 128 valence electrons. The average Bonchev–Trinajstić information content (AvgIpc) is 3.10. The number of hydrogen-bond donors (Lipinski definition) is 1. The Kier molecular flexibility index (Phi) is 5.16. The Morgan fingerprint density at radius 1 is 1.33 bits per heavy atom. The number of benzene rings is 1. The van der Waals surface area contributed by atoms with E-state index in [1.807, 2.05) is 17.5 Å². The van der Waals surface area contributed by atoms with Crippen molar-refractivity contribution >= 4 is 17.3 Å². The molecule has 1 aromatic heterocycles. The summed E-state index contributed by atoms with van der Waals surface area (Å²) in [6.45, 7) is 1.37. The first-order valence-corrected chi connectivity index (χ1v) is 8.87. The Morgan fingerprint density at radius 2 is 2.08 bits per heavy atom. The van der Waals surface area contributed by atoms with Crippen molar-refractivity contribution in [1.29, 1.82) is 0 Å². The van der Waals surface area contributed by atoms with Gasteiger partial charge >= 0.3 is 5.97 Å². The highest BCUT2D eigenvalue weighted by molar-refractivity contribution is 7.08. The number of carboxylic acids is 1. The van der Waals surface area contributed by atoms with Gasteiger partial charge in [-0.2, -0.15) is 11.3 Å². The van der Waals surface area contributed by atoms with Gasteiger partial charge in [0.25, 0.3) is 0 Å². The van der Waals surface area contributed by atoms with Crippen LogP contribution in [0, 0.1) is 11.7 Å². The number of thiophene rings is 1. The third-order valence-corrected chi connectivity index (χ3v) is 5.30. The summed E-state index contributed by atoms with van der Waals surface area (Å²) in [5.74, 6) is -1.16. The fraction of sp³-hybridized carbons (Fsp3) is 0.389. The number of likely N-dealkylation sites (tertiary alicyclic amines) is 1. The van der Waals surface area contributed by atoms with Crippen LogP contribution >= 0.6 is 11.3 Å². The highest BCUT2D eigenvalue weighted by atomic mass is 32.1. The Labute approximate surface area is 144 Å². The zero-order valence-corrected chi connectivity index (χ0v) is 14.3. The third kappa shape index (κ3) is 3.44. The molecular weight excluding hydrogens is 329 g/mol. The predicted molar refractivity (Wildman–Crippen MR) is 91.0 cm³/mol. The molecule has 2 heterocycles. The number of hydrogen-bond acceptors (Lipinski definition) is 4. The van der Waals surface area contributed by atoms with Crippen molar-refractivity contribution in [2.75, 3.05) is 20.2 Å². The topological polar surface area (TPSA) is 49.8 Å². The first kappa shape index (κ1) is 16.9. The molecule has 0 saturated carbocycles. The lowest BCUT2D eigenvalue weighted by Crippen LogP contribution is -2.39. The Hall–Kier alpha value is -1.92. The molecule has 1 saturated heterocycles. The fourth-order valence-corrected chi connectivity index (χ4v) is 3.98. The van der Waals surface area contributed by atoms with Crippen LogP contribution in [0.25, 0.3) is 0 Å². The quantitative estimate of drug-likeness (QED) is 0.892. The molecule has 1 atom stereocenters. The lowest BCUT2D eigenvalue weighted by Gasteiger charge is -2.36. The molecule has 1 fully saturated rings. The van der Waals surface area contributed by atoms with E-state index >= 15 is 0 Å². The van der Waals surface area contributed by atoms with E-state index in [0.29, 0.717) is 25.9 Å². The monoisotopic (exact) mass is 349 g/mol. The average molecular weight is 349 g/mol. The molecule has 0 radical (unpaired) electrons. The summed E-state index contributed by atoms with van der Waals surface area (Å²) in [7, 11) is 1.45. The van der Waals surface area contributed by atoms with Crippen molar-refractivity contribution < 1.29 is 19.0 Å². The van der Waals surface area contributed by atoms with Crippen molar-refractivity contribution in [2.45, 2.75) is 18.9 Å². The van der Waals surface area contributed by atoms with Crippen LogP contribution in [-0.2, 0) is 4.79 Å². The highest BCUT2D eigenvalue weighted by Crippen LogP contribution is 2.35. The van der Waals surface area contributed by atoms with Gasteiger partial charge in [0.05, 0.1) is 19.1 Å². The number of ether oxygens (including phenoxy) is 1. The van der Waals surface area contributed by atoms with Crippen LogP contribution in [0.3, 0.4) is 0 Å². The molecular formula is C18H20FNO3S. The van der Waals surface area contributed by atoms with Gasteiger partial charge in [0.2, 0.25) is 0 Å². The fourth-order valence-electron chi connectivity index (χ4n) is 3.30. The van der Waals surface area contributed by atoms with Crippen LogP contribution < -0.4 is 4.74 Å². The van der Waals surface area contributed by atoms with Gasteiger partial charge < -0.3 is 9.84 Å². The minimum atomic E-state index is -0.725. The molecule has 1 aliphatic rings. The van der Waals surface area contributed by atoms with Gasteiger partial charge in [-0.1, -0.05) is 6.07 Å². The first-order valence-electron chi connectivity index (χ1n) is 7.92. The third-order valence-electron chi connectivity index (χ3n) is 4.59. The molecule has 0 spiro atoms. The second kappa shape index (κ2) is 7.32. The van der Waals surface area contributed by atoms with E-state index < -0.39 is 5.97 Å². The highest BCUT2D eigenvalue weighted by Gasteiger charge is 2.30. The van der Waals surface area contributed by atoms with Crippen molar-refractivity contribution in [3.8, 4) is 5.75 Å². The van der Waals surface area contributed by atoms with E-state index in [1.54, 1.807) is 17.4 Å². The maximum absolute atomic E-state index is 14.2. The van der Waals surface area contributed by atoms with E-state index in [4.69, 9.17) is 4.74 Å². The molecule has 3 rings (SSSR count). The Balaban J connectivity index is 1.88. The summed E-state index contributed by atoms with van der Waals surface area (Å²) in [5, 5.41) is 13.2. The van der Waals surface area contributed by atoms with Gasteiger partial charge in [-0.3, -0.25) is 9.69 Å². The predicted octanol–water partition coefficient (Wildman–Crippen LogP) is 3.78. The molecule has 1 unspecified atom stereocenters. The number of rotatable bonds is 5. The second-order valence-electron chi connectivity index (χ2n) is 6.00. The maximum Gasteiger partial charge on any atom is 0.306 e. The number of nitrogens with zero attached hydrogens (tertiary/aromatic N) is 1. The van der Waals surface area contributed by atoms with Gasteiger partial charge in [-0.05, 0) is 66.0 Å². The number of carboxylic acid groups (broad SMARTS) is 1. The summed E-state index contributed by atoms with van der Waals surface area (Å²) in [5.41, 5.74) is 1.97. The molecule has 6 heteroatoms. The number of methoxy groups -OCH3 is 1. The Bertz CT molecular complexity index is 696. The van der Waals surface area contributed by atoms with Crippen molar-refractivity contribution in [1.82, 2.24) is 4.90 Å². The maximum atomic E-state index is 14.2. The van der Waals surface area contributed by atoms with Gasteiger partial charge in [-0.15, -0.1) is 0 Å². The largest absolute Gasteiger partial charge is 0.494 e. The van der Waals surface area contributed by atoms with Crippen molar-refractivity contribution in [2.24, 2.45) is 5.92 Å². The number of aliphatic carboxylic acids is 1. The minimum absolute atomic E-state index is 0.0635. The molecule has 0 bridgehead atoms. The van der Waals surface area contributed by atoms with Crippen LogP contribution in [0.4, 0.5) is 4.39 Å². The summed E-state index contributed by atoms with van der Waals surface area (Å²) in [6.07, 6.45) is 1.24. The van der Waals surface area contributed by atoms with E-state index in [0.717, 1.165) is 11.1 Å². The molecule has 0 amide bonds. The molecule has 24 heavy (non-hydrogen) atoms. The molecule has 4 nitrogen and oxygen atoms in total. The summed E-state index contributed by atoms with van der Waals surface area (Å²) in [4.78, 5) is 13.4. The van der Waals surface area contributed by atoms with Crippen LogP contribution in [0.5, 0.6) is 5.75 Å². The second-order valence-corrected chi connectivity index (χ2v) is 6.78.